The Labute approximate surface area is 103 Å². The van der Waals surface area contributed by atoms with E-state index >= 15 is 0 Å². The van der Waals surface area contributed by atoms with E-state index in [2.05, 4.69) is 15.6 Å². The second kappa shape index (κ2) is 5.46. The number of nitrogens with zero attached hydrogens (tertiary/aromatic N) is 3. The molecule has 0 radical (unpaired) electrons. The molecule has 0 saturated heterocycles. The zero-order chi connectivity index (χ0) is 13.0. The number of carbonyl (C=O) groups excluding carboxylic acids is 1. The molecule has 7 heteroatoms. The van der Waals surface area contributed by atoms with Gasteiger partial charge in [-0.05, 0) is 12.5 Å². The normalized spacial score (nSPS) is 10.6. The molecule has 2 aromatic heterocycles. The summed E-state index contributed by atoms with van der Waals surface area (Å²) in [5.41, 5.74) is 1.25. The first kappa shape index (κ1) is 12.3. The van der Waals surface area contributed by atoms with Gasteiger partial charge in [0, 0.05) is 18.8 Å². The molecule has 7 nitrogen and oxygen atoms in total. The van der Waals surface area contributed by atoms with Gasteiger partial charge in [-0.2, -0.15) is 5.10 Å². The molecular formula is C11H14N4O3. The lowest BCUT2D eigenvalue weighted by Gasteiger charge is -1.97. The van der Waals surface area contributed by atoms with Gasteiger partial charge in [0.05, 0.1) is 12.8 Å². The van der Waals surface area contributed by atoms with E-state index in [9.17, 15) is 4.79 Å². The van der Waals surface area contributed by atoms with E-state index in [0.717, 1.165) is 5.56 Å². The van der Waals surface area contributed by atoms with Crippen LogP contribution in [-0.2, 0) is 6.54 Å². The zero-order valence-electron chi connectivity index (χ0n) is 9.96. The molecule has 2 rings (SSSR count). The summed E-state index contributed by atoms with van der Waals surface area (Å²) in [6.45, 7) is 2.45. The van der Waals surface area contributed by atoms with Gasteiger partial charge in [0.1, 0.15) is 6.54 Å². The van der Waals surface area contributed by atoms with Gasteiger partial charge in [-0.1, -0.05) is 5.16 Å². The maximum atomic E-state index is 11.5. The van der Waals surface area contributed by atoms with Gasteiger partial charge in [-0.3, -0.25) is 9.48 Å². The molecule has 0 spiro atoms. The van der Waals surface area contributed by atoms with Gasteiger partial charge >= 0.3 is 0 Å². The van der Waals surface area contributed by atoms with Crippen LogP contribution in [0.3, 0.4) is 0 Å². The average Bonchev–Trinajstić information content (AvgIpc) is 2.96. The van der Waals surface area contributed by atoms with E-state index in [1.807, 2.05) is 13.1 Å². The van der Waals surface area contributed by atoms with Gasteiger partial charge in [-0.25, -0.2) is 0 Å². The van der Waals surface area contributed by atoms with Crippen molar-refractivity contribution in [2.75, 3.05) is 13.2 Å². The van der Waals surface area contributed by atoms with Crippen LogP contribution in [0.5, 0.6) is 0 Å². The standard InChI is InChI=1S/C11H14N4O3/c1-8-5-13-15(6-8)7-9-4-10(14-18-9)11(17)12-2-3-16/h4-6,16H,2-3,7H2,1H3,(H,12,17). The Morgan fingerprint density at radius 2 is 2.44 bits per heavy atom. The number of aryl methyl sites for hydroxylation is 1. The van der Waals surface area contributed by atoms with E-state index in [0.29, 0.717) is 12.3 Å². The quantitative estimate of drug-likeness (QED) is 0.776. The van der Waals surface area contributed by atoms with Crippen LogP contribution in [0.1, 0.15) is 21.8 Å². The number of aliphatic hydroxyl groups excluding tert-OH is 1. The number of carbonyl (C=O) groups is 1. The van der Waals surface area contributed by atoms with Crippen molar-refractivity contribution in [2.24, 2.45) is 0 Å². The van der Waals surface area contributed by atoms with Crippen molar-refractivity contribution in [3.63, 3.8) is 0 Å². The summed E-state index contributed by atoms with van der Waals surface area (Å²) in [4.78, 5) is 11.5. The summed E-state index contributed by atoms with van der Waals surface area (Å²) in [6.07, 6.45) is 3.61. The molecule has 0 fully saturated rings. The highest BCUT2D eigenvalue weighted by atomic mass is 16.5. The summed E-state index contributed by atoms with van der Waals surface area (Å²) in [5.74, 6) is 0.183. The van der Waals surface area contributed by atoms with Crippen LogP contribution >= 0.6 is 0 Å². The largest absolute Gasteiger partial charge is 0.395 e. The summed E-state index contributed by atoms with van der Waals surface area (Å²) in [6, 6.07) is 1.56. The molecule has 2 aromatic rings. The Morgan fingerprint density at radius 3 is 3.11 bits per heavy atom. The minimum atomic E-state index is -0.365. The Kier molecular flexibility index (Phi) is 3.73. The minimum absolute atomic E-state index is 0.108. The van der Waals surface area contributed by atoms with Crippen molar-refractivity contribution in [2.45, 2.75) is 13.5 Å². The SMILES string of the molecule is Cc1cnn(Cc2cc(C(=O)NCCO)no2)c1. The van der Waals surface area contributed by atoms with Gasteiger partial charge in [-0.15, -0.1) is 0 Å². The molecule has 0 aliphatic carbocycles. The molecule has 0 aromatic carbocycles. The fraction of sp³-hybridized carbons (Fsp3) is 0.364. The molecule has 18 heavy (non-hydrogen) atoms. The van der Waals surface area contributed by atoms with Crippen molar-refractivity contribution in [3.8, 4) is 0 Å². The van der Waals surface area contributed by atoms with Crippen LogP contribution in [-0.4, -0.2) is 39.1 Å². The number of nitrogens with one attached hydrogen (secondary N) is 1. The summed E-state index contributed by atoms with van der Waals surface area (Å²) in [5, 5.41) is 18.9. The minimum Gasteiger partial charge on any atom is -0.395 e. The molecular weight excluding hydrogens is 236 g/mol. The predicted molar refractivity (Wildman–Crippen MR) is 62.0 cm³/mol. The molecule has 0 aliphatic heterocycles. The smallest absolute Gasteiger partial charge is 0.273 e. The molecule has 1 amide bonds. The first-order chi connectivity index (χ1) is 8.69. The Bertz CT molecular complexity index is 532. The molecule has 0 saturated carbocycles. The van der Waals surface area contributed by atoms with Crippen molar-refractivity contribution in [1.29, 1.82) is 0 Å². The Balaban J connectivity index is 1.99. The summed E-state index contributed by atoms with van der Waals surface area (Å²) >= 11 is 0. The number of rotatable bonds is 5. The highest BCUT2D eigenvalue weighted by Gasteiger charge is 2.12. The number of amides is 1. The maximum Gasteiger partial charge on any atom is 0.273 e. The van der Waals surface area contributed by atoms with Crippen LogP contribution in [0.2, 0.25) is 0 Å². The van der Waals surface area contributed by atoms with Crippen LogP contribution in [0.4, 0.5) is 0 Å². The lowest BCUT2D eigenvalue weighted by Crippen LogP contribution is -2.26. The molecule has 0 unspecified atom stereocenters. The molecule has 2 N–H and O–H groups in total. The van der Waals surface area contributed by atoms with Crippen LogP contribution < -0.4 is 5.32 Å². The predicted octanol–water partition coefficient (Wildman–Crippen LogP) is -0.0501. The number of aromatic nitrogens is 3. The summed E-state index contributed by atoms with van der Waals surface area (Å²) < 4.78 is 6.74. The molecule has 0 bridgehead atoms. The van der Waals surface area contributed by atoms with E-state index in [4.69, 9.17) is 9.63 Å². The van der Waals surface area contributed by atoms with Crippen LogP contribution in [0, 0.1) is 6.92 Å². The average molecular weight is 250 g/mol. The van der Waals surface area contributed by atoms with Crippen molar-refractivity contribution in [3.05, 3.63) is 35.5 Å². The Morgan fingerprint density at radius 1 is 1.61 bits per heavy atom. The Hall–Kier alpha value is -2.15. The fourth-order valence-electron chi connectivity index (χ4n) is 1.47. The van der Waals surface area contributed by atoms with Crippen molar-refractivity contribution >= 4 is 5.91 Å². The number of aliphatic hydroxyl groups is 1. The molecule has 0 aliphatic rings. The third kappa shape index (κ3) is 2.95. The van der Waals surface area contributed by atoms with E-state index < -0.39 is 0 Å². The van der Waals surface area contributed by atoms with Gasteiger partial charge in [0.25, 0.3) is 5.91 Å². The van der Waals surface area contributed by atoms with E-state index in [1.165, 1.54) is 0 Å². The first-order valence-corrected chi connectivity index (χ1v) is 5.53. The number of hydrogen-bond donors (Lipinski definition) is 2. The fourth-order valence-corrected chi connectivity index (χ4v) is 1.47. The van der Waals surface area contributed by atoms with Gasteiger partial charge in [0.2, 0.25) is 0 Å². The topological polar surface area (TPSA) is 93.2 Å². The second-order valence-corrected chi connectivity index (χ2v) is 3.87. The highest BCUT2D eigenvalue weighted by Crippen LogP contribution is 2.06. The second-order valence-electron chi connectivity index (χ2n) is 3.87. The van der Waals surface area contributed by atoms with Crippen molar-refractivity contribution in [1.82, 2.24) is 20.3 Å². The third-order valence-corrected chi connectivity index (χ3v) is 2.27. The van der Waals surface area contributed by atoms with Crippen molar-refractivity contribution < 1.29 is 14.4 Å². The maximum absolute atomic E-state index is 11.5. The van der Waals surface area contributed by atoms with Crippen LogP contribution in [0.25, 0.3) is 0 Å². The van der Waals surface area contributed by atoms with Crippen LogP contribution in [0.15, 0.2) is 23.0 Å². The lowest BCUT2D eigenvalue weighted by atomic mass is 10.3. The highest BCUT2D eigenvalue weighted by molar-refractivity contribution is 5.92. The van der Waals surface area contributed by atoms with Gasteiger partial charge in [0.15, 0.2) is 11.5 Å². The molecule has 2 heterocycles. The van der Waals surface area contributed by atoms with E-state index in [-0.39, 0.29) is 24.8 Å². The van der Waals surface area contributed by atoms with Gasteiger partial charge < -0.3 is 14.9 Å². The molecule has 96 valence electrons. The lowest BCUT2D eigenvalue weighted by molar-refractivity contribution is 0.0935. The molecule has 0 atom stereocenters. The first-order valence-electron chi connectivity index (χ1n) is 5.53. The number of hydrogen-bond acceptors (Lipinski definition) is 5. The summed E-state index contributed by atoms with van der Waals surface area (Å²) in [7, 11) is 0. The zero-order valence-corrected chi connectivity index (χ0v) is 9.96. The van der Waals surface area contributed by atoms with E-state index in [1.54, 1.807) is 16.9 Å². The third-order valence-electron chi connectivity index (χ3n) is 2.27. The monoisotopic (exact) mass is 250 g/mol.